The Bertz CT molecular complexity index is 874. The molecule has 7 nitrogen and oxygen atoms in total. The van der Waals surface area contributed by atoms with Crippen LogP contribution in [0.1, 0.15) is 40.2 Å². The fourth-order valence-corrected chi connectivity index (χ4v) is 3.50. The SMILES string of the molecule is CN(Cc1noc2c1CCCC2)C(=O)c1ccc2c(c1)N(C)C(=O)CO2. The summed E-state index contributed by atoms with van der Waals surface area (Å²) in [6.07, 6.45) is 4.13. The summed E-state index contributed by atoms with van der Waals surface area (Å²) in [5.41, 5.74) is 3.11. The number of carbonyl (C=O) groups is 2. The summed E-state index contributed by atoms with van der Waals surface area (Å²) in [4.78, 5) is 27.8. The molecule has 0 N–H and O–H groups in total. The van der Waals surface area contributed by atoms with Crippen LogP contribution in [0.4, 0.5) is 5.69 Å². The first-order valence-electron chi connectivity index (χ1n) is 8.80. The van der Waals surface area contributed by atoms with E-state index in [1.807, 2.05) is 0 Å². The van der Waals surface area contributed by atoms with Crippen LogP contribution < -0.4 is 9.64 Å². The average molecular weight is 355 g/mol. The molecule has 0 atom stereocenters. The van der Waals surface area contributed by atoms with Gasteiger partial charge < -0.3 is 19.1 Å². The average Bonchev–Trinajstić information content (AvgIpc) is 3.07. The first kappa shape index (κ1) is 16.6. The molecule has 2 aliphatic rings. The number of aromatic nitrogens is 1. The minimum atomic E-state index is -0.135. The van der Waals surface area contributed by atoms with Crippen LogP contribution in [-0.2, 0) is 24.2 Å². The van der Waals surface area contributed by atoms with Crippen LogP contribution in [0.3, 0.4) is 0 Å². The summed E-state index contributed by atoms with van der Waals surface area (Å²) >= 11 is 0. The Kier molecular flexibility index (Phi) is 4.14. The Labute approximate surface area is 151 Å². The molecule has 0 bridgehead atoms. The third-order valence-corrected chi connectivity index (χ3v) is 5.06. The van der Waals surface area contributed by atoms with E-state index < -0.39 is 0 Å². The van der Waals surface area contributed by atoms with Gasteiger partial charge in [-0.25, -0.2) is 0 Å². The van der Waals surface area contributed by atoms with Gasteiger partial charge in [0.25, 0.3) is 11.8 Å². The van der Waals surface area contributed by atoms with Crippen LogP contribution in [0.25, 0.3) is 0 Å². The summed E-state index contributed by atoms with van der Waals surface area (Å²) in [5.74, 6) is 1.30. The smallest absolute Gasteiger partial charge is 0.264 e. The van der Waals surface area contributed by atoms with Gasteiger partial charge in [-0.1, -0.05) is 5.16 Å². The van der Waals surface area contributed by atoms with Crippen molar-refractivity contribution in [2.75, 3.05) is 25.6 Å². The number of likely N-dealkylation sites (N-methyl/N-ethyl adjacent to an activating group) is 1. The largest absolute Gasteiger partial charge is 0.482 e. The molecule has 26 heavy (non-hydrogen) atoms. The molecule has 1 aromatic carbocycles. The quantitative estimate of drug-likeness (QED) is 0.843. The van der Waals surface area contributed by atoms with Crippen molar-refractivity contribution in [1.29, 1.82) is 0 Å². The molecule has 136 valence electrons. The van der Waals surface area contributed by atoms with Crippen molar-refractivity contribution < 1.29 is 18.8 Å². The van der Waals surface area contributed by atoms with Crippen LogP contribution >= 0.6 is 0 Å². The van der Waals surface area contributed by atoms with Crippen LogP contribution in [0, 0.1) is 0 Å². The molecule has 0 saturated carbocycles. The Morgan fingerprint density at radius 1 is 1.31 bits per heavy atom. The standard InChI is InChI=1S/C19H21N3O4/c1-21(10-14-13-5-3-4-6-16(13)26-20-14)19(24)12-7-8-17-15(9-12)22(2)18(23)11-25-17/h7-9H,3-6,10-11H2,1-2H3. The monoisotopic (exact) mass is 355 g/mol. The normalized spacial score (nSPS) is 15.9. The summed E-state index contributed by atoms with van der Waals surface area (Å²) < 4.78 is 10.8. The van der Waals surface area contributed by atoms with Gasteiger partial charge in [0.15, 0.2) is 6.61 Å². The van der Waals surface area contributed by atoms with E-state index in [4.69, 9.17) is 9.26 Å². The Balaban J connectivity index is 1.54. The molecular formula is C19H21N3O4. The lowest BCUT2D eigenvalue weighted by Gasteiger charge is -2.26. The van der Waals surface area contributed by atoms with Crippen molar-refractivity contribution >= 4 is 17.5 Å². The maximum absolute atomic E-state index is 12.8. The number of hydrogen-bond acceptors (Lipinski definition) is 5. The van der Waals surface area contributed by atoms with Crippen molar-refractivity contribution in [2.24, 2.45) is 0 Å². The summed E-state index contributed by atoms with van der Waals surface area (Å²) in [7, 11) is 3.43. The molecule has 2 aromatic rings. The Hall–Kier alpha value is -2.83. The molecule has 0 saturated heterocycles. The molecule has 1 aliphatic heterocycles. The highest BCUT2D eigenvalue weighted by Gasteiger charge is 2.25. The molecule has 0 spiro atoms. The van der Waals surface area contributed by atoms with Gasteiger partial charge >= 0.3 is 0 Å². The molecule has 2 heterocycles. The summed E-state index contributed by atoms with van der Waals surface area (Å²) in [6, 6.07) is 5.15. The molecule has 0 unspecified atom stereocenters. The van der Waals surface area contributed by atoms with E-state index in [1.54, 1.807) is 37.2 Å². The minimum absolute atomic E-state index is 0.0218. The zero-order chi connectivity index (χ0) is 18.3. The Morgan fingerprint density at radius 3 is 2.96 bits per heavy atom. The summed E-state index contributed by atoms with van der Waals surface area (Å²) in [6.45, 7) is 0.425. The van der Waals surface area contributed by atoms with Gasteiger partial charge in [0.05, 0.1) is 12.2 Å². The van der Waals surface area contributed by atoms with Crippen molar-refractivity contribution in [1.82, 2.24) is 10.1 Å². The first-order valence-corrected chi connectivity index (χ1v) is 8.80. The third kappa shape index (κ3) is 2.83. The van der Waals surface area contributed by atoms with E-state index in [0.717, 1.165) is 42.7 Å². The first-order chi connectivity index (χ1) is 12.5. The van der Waals surface area contributed by atoms with Crippen molar-refractivity contribution in [3.63, 3.8) is 0 Å². The number of aryl methyl sites for hydroxylation is 1. The van der Waals surface area contributed by atoms with Gasteiger partial charge in [0, 0.05) is 31.6 Å². The van der Waals surface area contributed by atoms with Gasteiger partial charge in [-0.05, 0) is 37.5 Å². The van der Waals surface area contributed by atoms with Crippen molar-refractivity contribution in [2.45, 2.75) is 32.2 Å². The molecule has 0 fully saturated rings. The molecule has 7 heteroatoms. The van der Waals surface area contributed by atoms with E-state index >= 15 is 0 Å². The second-order valence-electron chi connectivity index (χ2n) is 6.82. The third-order valence-electron chi connectivity index (χ3n) is 5.06. The second-order valence-corrected chi connectivity index (χ2v) is 6.82. The van der Waals surface area contributed by atoms with Gasteiger partial charge in [0.2, 0.25) is 0 Å². The van der Waals surface area contributed by atoms with E-state index in [0.29, 0.717) is 23.5 Å². The predicted molar refractivity (Wildman–Crippen MR) is 94.3 cm³/mol. The number of amides is 2. The van der Waals surface area contributed by atoms with Crippen LogP contribution in [0.2, 0.25) is 0 Å². The van der Waals surface area contributed by atoms with Crippen molar-refractivity contribution in [3.05, 3.63) is 40.8 Å². The van der Waals surface area contributed by atoms with E-state index in [-0.39, 0.29) is 18.4 Å². The lowest BCUT2D eigenvalue weighted by atomic mass is 9.96. The zero-order valence-electron chi connectivity index (χ0n) is 14.9. The fourth-order valence-electron chi connectivity index (χ4n) is 3.50. The number of rotatable bonds is 3. The number of ether oxygens (including phenoxy) is 1. The fraction of sp³-hybridized carbons (Fsp3) is 0.421. The number of hydrogen-bond donors (Lipinski definition) is 0. The minimum Gasteiger partial charge on any atom is -0.482 e. The van der Waals surface area contributed by atoms with Crippen molar-refractivity contribution in [3.8, 4) is 5.75 Å². The lowest BCUT2D eigenvalue weighted by molar-refractivity contribution is -0.120. The number of nitrogens with zero attached hydrogens (tertiary/aromatic N) is 3. The Morgan fingerprint density at radius 2 is 2.12 bits per heavy atom. The highest BCUT2D eigenvalue weighted by molar-refractivity contribution is 6.00. The number of fused-ring (bicyclic) bond motifs is 2. The topological polar surface area (TPSA) is 75.9 Å². The summed E-state index contributed by atoms with van der Waals surface area (Å²) in [5, 5.41) is 4.16. The second kappa shape index (κ2) is 6.48. The maximum Gasteiger partial charge on any atom is 0.264 e. The number of anilines is 1. The highest BCUT2D eigenvalue weighted by Crippen LogP contribution is 2.32. The number of carbonyl (C=O) groups excluding carboxylic acids is 2. The van der Waals surface area contributed by atoms with Crippen LogP contribution in [0.15, 0.2) is 22.7 Å². The van der Waals surface area contributed by atoms with Gasteiger partial charge in [-0.3, -0.25) is 9.59 Å². The van der Waals surface area contributed by atoms with Gasteiger partial charge in [-0.2, -0.15) is 0 Å². The predicted octanol–water partition coefficient (Wildman–Crippen LogP) is 2.18. The van der Waals surface area contributed by atoms with E-state index in [9.17, 15) is 9.59 Å². The molecule has 2 amide bonds. The lowest BCUT2D eigenvalue weighted by Crippen LogP contribution is -2.35. The molecule has 0 radical (unpaired) electrons. The van der Waals surface area contributed by atoms with Gasteiger partial charge in [-0.15, -0.1) is 0 Å². The molecule has 1 aromatic heterocycles. The van der Waals surface area contributed by atoms with E-state index in [2.05, 4.69) is 5.16 Å². The van der Waals surface area contributed by atoms with Crippen LogP contribution in [-0.4, -0.2) is 42.6 Å². The molecule has 1 aliphatic carbocycles. The highest BCUT2D eigenvalue weighted by atomic mass is 16.5. The maximum atomic E-state index is 12.8. The van der Waals surface area contributed by atoms with E-state index in [1.165, 1.54) is 4.90 Å². The zero-order valence-corrected chi connectivity index (χ0v) is 14.9. The van der Waals surface area contributed by atoms with Crippen LogP contribution in [0.5, 0.6) is 5.75 Å². The molecular weight excluding hydrogens is 334 g/mol. The number of benzene rings is 1. The van der Waals surface area contributed by atoms with Gasteiger partial charge in [0.1, 0.15) is 17.2 Å². The molecule has 4 rings (SSSR count).